The van der Waals surface area contributed by atoms with Crippen LogP contribution in [-0.2, 0) is 18.7 Å². The van der Waals surface area contributed by atoms with E-state index in [1.54, 1.807) is 0 Å². The van der Waals surface area contributed by atoms with Crippen molar-refractivity contribution in [1.82, 2.24) is 10.3 Å². The van der Waals surface area contributed by atoms with Gasteiger partial charge in [0.05, 0.1) is 5.69 Å². The quantitative estimate of drug-likeness (QED) is 0.774. The van der Waals surface area contributed by atoms with Gasteiger partial charge in [-0.05, 0) is 12.8 Å². The van der Waals surface area contributed by atoms with E-state index in [1.165, 1.54) is 22.0 Å². The Hall–Kier alpha value is -0.0600. The van der Waals surface area contributed by atoms with Gasteiger partial charge in [-0.1, -0.05) is 34.6 Å². The third kappa shape index (κ3) is 5.29. The molecule has 0 aliphatic carbocycles. The van der Waals surface area contributed by atoms with Crippen molar-refractivity contribution in [3.63, 3.8) is 0 Å². The fraction of sp³-hybridized carbons (Fsp3) is 0.786. The summed E-state index contributed by atoms with van der Waals surface area (Å²) in [6, 6.07) is 0.537. The Morgan fingerprint density at radius 3 is 2.56 bits per heavy atom. The van der Waals surface area contributed by atoms with E-state index in [4.69, 9.17) is 4.98 Å². The summed E-state index contributed by atoms with van der Waals surface area (Å²) in [5.41, 5.74) is 1.29. The van der Waals surface area contributed by atoms with Crippen molar-refractivity contribution in [2.45, 2.75) is 71.0 Å². The zero-order chi connectivity index (χ0) is 13.5. The van der Waals surface area contributed by atoms with Crippen LogP contribution in [0.15, 0.2) is 0 Å². The van der Waals surface area contributed by atoms with E-state index in [0.717, 1.165) is 24.0 Å². The topological polar surface area (TPSA) is 24.9 Å². The summed E-state index contributed by atoms with van der Waals surface area (Å²) >= 11 is 3.90. The third-order valence-electron chi connectivity index (χ3n) is 2.89. The smallest absolute Gasteiger partial charge is 0.103 e. The first kappa shape index (κ1) is 16.0. The van der Waals surface area contributed by atoms with Gasteiger partial charge < -0.3 is 5.32 Å². The standard InChI is InChI=1S/C14H26N2S2/c1-6-11(5)17-9-14-16-12(7-2)13(18-14)8-15-10(3)4/h10-11,15H,6-9H2,1-5H3. The molecule has 0 aliphatic rings. The Morgan fingerprint density at radius 1 is 1.28 bits per heavy atom. The van der Waals surface area contributed by atoms with E-state index in [0.29, 0.717) is 6.04 Å². The molecule has 0 bridgehead atoms. The lowest BCUT2D eigenvalue weighted by molar-refractivity contribution is 0.590. The molecule has 1 rings (SSSR count). The second-order valence-corrected chi connectivity index (χ2v) is 7.49. The Kier molecular flexibility index (Phi) is 7.27. The molecular formula is C14H26N2S2. The molecule has 0 saturated carbocycles. The van der Waals surface area contributed by atoms with Crippen LogP contribution in [0.2, 0.25) is 0 Å². The van der Waals surface area contributed by atoms with Gasteiger partial charge in [-0.2, -0.15) is 11.8 Å². The highest BCUT2D eigenvalue weighted by Crippen LogP contribution is 2.26. The van der Waals surface area contributed by atoms with Gasteiger partial charge in [-0.15, -0.1) is 11.3 Å². The normalized spacial score (nSPS) is 13.2. The fourth-order valence-electron chi connectivity index (χ4n) is 1.54. The summed E-state index contributed by atoms with van der Waals surface area (Å²) < 4.78 is 0. The molecule has 4 heteroatoms. The van der Waals surface area contributed by atoms with Crippen molar-refractivity contribution in [2.75, 3.05) is 0 Å². The maximum Gasteiger partial charge on any atom is 0.103 e. The molecule has 18 heavy (non-hydrogen) atoms. The van der Waals surface area contributed by atoms with E-state index in [9.17, 15) is 0 Å². The maximum absolute atomic E-state index is 4.77. The van der Waals surface area contributed by atoms with Crippen molar-refractivity contribution in [3.8, 4) is 0 Å². The average Bonchev–Trinajstić information content (AvgIpc) is 2.75. The molecule has 1 heterocycles. The van der Waals surface area contributed by atoms with Crippen LogP contribution in [0.5, 0.6) is 0 Å². The second kappa shape index (κ2) is 8.18. The van der Waals surface area contributed by atoms with Crippen molar-refractivity contribution in [1.29, 1.82) is 0 Å². The van der Waals surface area contributed by atoms with E-state index in [1.807, 2.05) is 23.1 Å². The number of nitrogens with zero attached hydrogens (tertiary/aromatic N) is 1. The summed E-state index contributed by atoms with van der Waals surface area (Å²) in [5, 5.41) is 5.51. The molecule has 1 unspecified atom stereocenters. The van der Waals surface area contributed by atoms with E-state index < -0.39 is 0 Å². The highest BCUT2D eigenvalue weighted by molar-refractivity contribution is 7.99. The van der Waals surface area contributed by atoms with Gasteiger partial charge >= 0.3 is 0 Å². The monoisotopic (exact) mass is 286 g/mol. The molecule has 0 saturated heterocycles. The lowest BCUT2D eigenvalue weighted by Gasteiger charge is -2.06. The average molecular weight is 287 g/mol. The summed E-state index contributed by atoms with van der Waals surface area (Å²) in [7, 11) is 0. The van der Waals surface area contributed by atoms with Crippen molar-refractivity contribution < 1.29 is 0 Å². The van der Waals surface area contributed by atoms with Crippen molar-refractivity contribution in [3.05, 3.63) is 15.6 Å². The summed E-state index contributed by atoms with van der Waals surface area (Å²) in [6.07, 6.45) is 2.28. The number of thioether (sulfide) groups is 1. The van der Waals surface area contributed by atoms with Crippen LogP contribution in [0.1, 0.15) is 56.6 Å². The molecule has 0 aliphatic heterocycles. The number of aromatic nitrogens is 1. The van der Waals surface area contributed by atoms with E-state index >= 15 is 0 Å². The lowest BCUT2D eigenvalue weighted by Crippen LogP contribution is -2.21. The largest absolute Gasteiger partial charge is 0.310 e. The Balaban J connectivity index is 2.59. The highest BCUT2D eigenvalue weighted by Gasteiger charge is 2.11. The molecule has 0 fully saturated rings. The van der Waals surface area contributed by atoms with Crippen LogP contribution < -0.4 is 5.32 Å². The minimum absolute atomic E-state index is 0.537. The highest BCUT2D eigenvalue weighted by atomic mass is 32.2. The summed E-state index contributed by atoms with van der Waals surface area (Å²) in [6.45, 7) is 12.1. The van der Waals surface area contributed by atoms with Gasteiger partial charge in [0.1, 0.15) is 5.01 Å². The Bertz CT molecular complexity index is 348. The first-order chi connectivity index (χ1) is 8.56. The van der Waals surface area contributed by atoms with Gasteiger partial charge in [0.2, 0.25) is 0 Å². The molecule has 1 aromatic rings. The minimum atomic E-state index is 0.537. The van der Waals surface area contributed by atoms with Crippen LogP contribution in [0.3, 0.4) is 0 Å². The molecule has 0 aromatic carbocycles. The molecular weight excluding hydrogens is 260 g/mol. The summed E-state index contributed by atoms with van der Waals surface area (Å²) in [4.78, 5) is 6.19. The molecule has 0 radical (unpaired) electrons. The maximum atomic E-state index is 4.77. The zero-order valence-corrected chi connectivity index (χ0v) is 13.9. The second-order valence-electron chi connectivity index (χ2n) is 4.90. The third-order valence-corrected chi connectivity index (χ3v) is 5.52. The molecule has 104 valence electrons. The van der Waals surface area contributed by atoms with Gasteiger partial charge in [0.25, 0.3) is 0 Å². The van der Waals surface area contributed by atoms with Crippen LogP contribution in [0, 0.1) is 0 Å². The lowest BCUT2D eigenvalue weighted by atomic mass is 10.3. The number of hydrogen-bond acceptors (Lipinski definition) is 4. The van der Waals surface area contributed by atoms with Crippen molar-refractivity contribution >= 4 is 23.1 Å². The van der Waals surface area contributed by atoms with Gasteiger partial charge in [0, 0.05) is 28.5 Å². The molecule has 2 nitrogen and oxygen atoms in total. The predicted octanol–water partition coefficient (Wildman–Crippen LogP) is 4.24. The Labute approximate surface area is 120 Å². The molecule has 0 amide bonds. The predicted molar refractivity (Wildman–Crippen MR) is 84.5 cm³/mol. The van der Waals surface area contributed by atoms with Crippen LogP contribution in [0.25, 0.3) is 0 Å². The number of hydrogen-bond donors (Lipinski definition) is 1. The number of thiazole rings is 1. The first-order valence-corrected chi connectivity index (χ1v) is 8.75. The molecule has 1 atom stereocenters. The fourth-order valence-corrected chi connectivity index (χ4v) is 3.61. The first-order valence-electron chi connectivity index (χ1n) is 6.89. The number of nitrogens with one attached hydrogen (secondary N) is 1. The number of aryl methyl sites for hydroxylation is 1. The molecule has 1 aromatic heterocycles. The van der Waals surface area contributed by atoms with Crippen LogP contribution >= 0.6 is 23.1 Å². The SMILES string of the molecule is CCc1nc(CSC(C)CC)sc1CNC(C)C. The van der Waals surface area contributed by atoms with Crippen LogP contribution in [-0.4, -0.2) is 16.3 Å². The zero-order valence-electron chi connectivity index (χ0n) is 12.2. The van der Waals surface area contributed by atoms with Gasteiger partial charge in [-0.3, -0.25) is 0 Å². The number of rotatable bonds is 8. The Morgan fingerprint density at radius 2 is 2.00 bits per heavy atom. The van der Waals surface area contributed by atoms with Gasteiger partial charge in [0.15, 0.2) is 0 Å². The van der Waals surface area contributed by atoms with Gasteiger partial charge in [-0.25, -0.2) is 4.98 Å². The minimum Gasteiger partial charge on any atom is -0.310 e. The van der Waals surface area contributed by atoms with E-state index in [2.05, 4.69) is 39.9 Å². The molecule has 1 N–H and O–H groups in total. The van der Waals surface area contributed by atoms with Crippen LogP contribution in [0.4, 0.5) is 0 Å². The van der Waals surface area contributed by atoms with E-state index in [-0.39, 0.29) is 0 Å². The summed E-state index contributed by atoms with van der Waals surface area (Å²) in [5.74, 6) is 1.06. The van der Waals surface area contributed by atoms with Crippen molar-refractivity contribution in [2.24, 2.45) is 0 Å². The molecule has 0 spiro atoms.